The predicted octanol–water partition coefficient (Wildman–Crippen LogP) is 2.49. The molecule has 0 unspecified atom stereocenters. The average molecular weight is 191 g/mol. The van der Waals surface area contributed by atoms with Gasteiger partial charge >= 0.3 is 0 Å². The summed E-state index contributed by atoms with van der Waals surface area (Å²) >= 11 is 4.37. The first-order valence-electron chi connectivity index (χ1n) is 3.99. The van der Waals surface area contributed by atoms with Gasteiger partial charge in [0.15, 0.2) is 0 Å². The van der Waals surface area contributed by atoms with E-state index in [1.54, 1.807) is 6.07 Å². The minimum atomic E-state index is -0.313. The summed E-state index contributed by atoms with van der Waals surface area (Å²) in [7, 11) is 0. The van der Waals surface area contributed by atoms with Crippen molar-refractivity contribution in [2.75, 3.05) is 0 Å². The standard InChI is InChI=1S/C10H9NOS/c1-2-8-5-3-4-6-9(8)10(12)11-7-13/h3-6H,2H2,1H3. The number of carbonyl (C=O) groups excluding carboxylic acids is 1. The number of hydrogen-bond acceptors (Lipinski definition) is 2. The van der Waals surface area contributed by atoms with Gasteiger partial charge in [0.1, 0.15) is 0 Å². The van der Waals surface area contributed by atoms with Crippen LogP contribution in [0.2, 0.25) is 0 Å². The van der Waals surface area contributed by atoms with Gasteiger partial charge in [0, 0.05) is 5.56 Å². The van der Waals surface area contributed by atoms with E-state index in [2.05, 4.69) is 22.4 Å². The van der Waals surface area contributed by atoms with E-state index in [9.17, 15) is 4.79 Å². The number of benzene rings is 1. The van der Waals surface area contributed by atoms with Crippen LogP contribution in [0.3, 0.4) is 0 Å². The molecule has 0 N–H and O–H groups in total. The number of isothiocyanates is 1. The summed E-state index contributed by atoms with van der Waals surface area (Å²) in [5, 5.41) is 2.08. The zero-order valence-electron chi connectivity index (χ0n) is 7.28. The molecule has 0 spiro atoms. The molecule has 0 aliphatic rings. The first-order chi connectivity index (χ1) is 6.29. The summed E-state index contributed by atoms with van der Waals surface area (Å²) in [5.74, 6) is -0.313. The zero-order valence-corrected chi connectivity index (χ0v) is 8.10. The molecule has 0 bridgehead atoms. The van der Waals surface area contributed by atoms with E-state index in [4.69, 9.17) is 0 Å². The molecule has 0 atom stereocenters. The average Bonchev–Trinajstić information content (AvgIpc) is 2.18. The van der Waals surface area contributed by atoms with Gasteiger partial charge in [-0.15, -0.1) is 0 Å². The van der Waals surface area contributed by atoms with Gasteiger partial charge in [-0.25, -0.2) is 0 Å². The minimum Gasteiger partial charge on any atom is -0.266 e. The number of carbonyl (C=O) groups is 1. The first kappa shape index (κ1) is 9.78. The Morgan fingerprint density at radius 1 is 1.54 bits per heavy atom. The summed E-state index contributed by atoms with van der Waals surface area (Å²) in [6.07, 6.45) is 0.814. The van der Waals surface area contributed by atoms with E-state index >= 15 is 0 Å². The van der Waals surface area contributed by atoms with E-state index in [-0.39, 0.29) is 5.91 Å². The summed E-state index contributed by atoms with van der Waals surface area (Å²) in [5.41, 5.74) is 1.60. The summed E-state index contributed by atoms with van der Waals surface area (Å²) in [6, 6.07) is 7.37. The highest BCUT2D eigenvalue weighted by Gasteiger charge is 2.06. The molecule has 0 saturated heterocycles. The van der Waals surface area contributed by atoms with Crippen molar-refractivity contribution in [2.45, 2.75) is 13.3 Å². The van der Waals surface area contributed by atoms with Crippen molar-refractivity contribution in [1.82, 2.24) is 0 Å². The topological polar surface area (TPSA) is 29.4 Å². The number of nitrogens with zero attached hydrogens (tertiary/aromatic N) is 1. The molecule has 0 aliphatic carbocycles. The molecule has 0 heterocycles. The molecule has 0 fully saturated rings. The van der Waals surface area contributed by atoms with Crippen LogP contribution in [-0.4, -0.2) is 11.1 Å². The number of amides is 1. The molecular formula is C10H9NOS. The molecule has 0 aliphatic heterocycles. The second-order valence-electron chi connectivity index (χ2n) is 2.52. The Balaban J connectivity index is 3.12. The summed E-state index contributed by atoms with van der Waals surface area (Å²) in [6.45, 7) is 1.99. The van der Waals surface area contributed by atoms with Crippen LogP contribution >= 0.6 is 12.2 Å². The molecule has 2 nitrogen and oxygen atoms in total. The van der Waals surface area contributed by atoms with Crippen molar-refractivity contribution in [1.29, 1.82) is 0 Å². The van der Waals surface area contributed by atoms with Crippen molar-refractivity contribution >= 4 is 23.3 Å². The molecule has 3 heteroatoms. The SMILES string of the molecule is CCc1ccccc1C(=O)N=C=S. The van der Waals surface area contributed by atoms with Gasteiger partial charge in [0.25, 0.3) is 5.91 Å². The van der Waals surface area contributed by atoms with Gasteiger partial charge in [-0.2, -0.15) is 4.99 Å². The number of rotatable bonds is 2. The molecular weight excluding hydrogens is 182 g/mol. The van der Waals surface area contributed by atoms with E-state index in [1.807, 2.05) is 25.1 Å². The van der Waals surface area contributed by atoms with E-state index in [0.717, 1.165) is 12.0 Å². The maximum atomic E-state index is 11.3. The van der Waals surface area contributed by atoms with Crippen LogP contribution in [0, 0.1) is 0 Å². The lowest BCUT2D eigenvalue weighted by molar-refractivity contribution is 0.100. The monoisotopic (exact) mass is 191 g/mol. The van der Waals surface area contributed by atoms with Gasteiger partial charge in [-0.05, 0) is 30.3 Å². The highest BCUT2D eigenvalue weighted by molar-refractivity contribution is 7.78. The molecule has 0 aromatic heterocycles. The largest absolute Gasteiger partial charge is 0.286 e. The highest BCUT2D eigenvalue weighted by Crippen LogP contribution is 2.10. The van der Waals surface area contributed by atoms with Gasteiger partial charge in [0.2, 0.25) is 0 Å². The van der Waals surface area contributed by atoms with Crippen LogP contribution in [0.25, 0.3) is 0 Å². The maximum Gasteiger partial charge on any atom is 0.286 e. The van der Waals surface area contributed by atoms with Crippen LogP contribution in [0.4, 0.5) is 0 Å². The first-order valence-corrected chi connectivity index (χ1v) is 4.40. The molecule has 0 saturated carbocycles. The number of aliphatic imine (C=N–C) groups is 1. The summed E-state index contributed by atoms with van der Waals surface area (Å²) < 4.78 is 0. The van der Waals surface area contributed by atoms with Crippen molar-refractivity contribution < 1.29 is 4.79 Å². The van der Waals surface area contributed by atoms with Crippen LogP contribution in [-0.2, 0) is 6.42 Å². The van der Waals surface area contributed by atoms with Gasteiger partial charge < -0.3 is 0 Å². The Kier molecular flexibility index (Phi) is 3.50. The molecule has 1 aromatic carbocycles. The Bertz CT molecular complexity index is 367. The second-order valence-corrected chi connectivity index (χ2v) is 2.70. The molecule has 1 amide bonds. The lowest BCUT2D eigenvalue weighted by Gasteiger charge is -2.01. The fourth-order valence-electron chi connectivity index (χ4n) is 1.14. The third-order valence-electron chi connectivity index (χ3n) is 1.78. The molecule has 0 radical (unpaired) electrons. The normalized spacial score (nSPS) is 9.00. The molecule has 1 aromatic rings. The van der Waals surface area contributed by atoms with Crippen molar-refractivity contribution in [3.8, 4) is 0 Å². The van der Waals surface area contributed by atoms with Gasteiger partial charge in [-0.3, -0.25) is 4.79 Å². The van der Waals surface area contributed by atoms with Gasteiger partial charge in [-0.1, -0.05) is 25.1 Å². The number of thiocarbonyl (C=S) groups is 1. The van der Waals surface area contributed by atoms with E-state index in [1.165, 1.54) is 0 Å². The fraction of sp³-hybridized carbons (Fsp3) is 0.200. The zero-order chi connectivity index (χ0) is 9.68. The number of hydrogen-bond donors (Lipinski definition) is 0. The van der Waals surface area contributed by atoms with Crippen LogP contribution < -0.4 is 0 Å². The number of aryl methyl sites for hydroxylation is 1. The van der Waals surface area contributed by atoms with Crippen LogP contribution in [0.15, 0.2) is 29.3 Å². The Hall–Kier alpha value is -1.31. The lowest BCUT2D eigenvalue weighted by atomic mass is 10.1. The Labute approximate surface area is 82.3 Å². The van der Waals surface area contributed by atoms with Crippen molar-refractivity contribution in [2.24, 2.45) is 4.99 Å². The third kappa shape index (κ3) is 2.31. The Morgan fingerprint density at radius 2 is 2.23 bits per heavy atom. The molecule has 13 heavy (non-hydrogen) atoms. The summed E-state index contributed by atoms with van der Waals surface area (Å²) in [4.78, 5) is 14.8. The molecule has 66 valence electrons. The van der Waals surface area contributed by atoms with Gasteiger partial charge in [0.05, 0.1) is 5.16 Å². The fourth-order valence-corrected chi connectivity index (χ4v) is 1.22. The minimum absolute atomic E-state index is 0.313. The van der Waals surface area contributed by atoms with Crippen LogP contribution in [0.1, 0.15) is 22.8 Å². The smallest absolute Gasteiger partial charge is 0.266 e. The van der Waals surface area contributed by atoms with E-state index in [0.29, 0.717) is 5.56 Å². The molecule has 1 rings (SSSR count). The second kappa shape index (κ2) is 4.65. The lowest BCUT2D eigenvalue weighted by Crippen LogP contribution is -1.99. The Morgan fingerprint density at radius 3 is 2.85 bits per heavy atom. The maximum absolute atomic E-state index is 11.3. The predicted molar refractivity (Wildman–Crippen MR) is 55.2 cm³/mol. The van der Waals surface area contributed by atoms with E-state index < -0.39 is 0 Å². The quantitative estimate of drug-likeness (QED) is 0.531. The third-order valence-corrected chi connectivity index (χ3v) is 1.87. The highest BCUT2D eigenvalue weighted by atomic mass is 32.1. The van der Waals surface area contributed by atoms with Crippen molar-refractivity contribution in [3.63, 3.8) is 0 Å². The van der Waals surface area contributed by atoms with Crippen LogP contribution in [0.5, 0.6) is 0 Å². The van der Waals surface area contributed by atoms with Crippen molar-refractivity contribution in [3.05, 3.63) is 35.4 Å².